The highest BCUT2D eigenvalue weighted by atomic mass is 16.2. The summed E-state index contributed by atoms with van der Waals surface area (Å²) in [6.45, 7) is 2.38. The van der Waals surface area contributed by atoms with Crippen LogP contribution in [0.15, 0.2) is 47.5 Å². The van der Waals surface area contributed by atoms with E-state index in [1.807, 2.05) is 37.3 Å². The van der Waals surface area contributed by atoms with Crippen molar-refractivity contribution in [3.8, 4) is 5.69 Å². The van der Waals surface area contributed by atoms with Gasteiger partial charge in [0, 0.05) is 18.7 Å². The fraction of sp³-hybridized carbons (Fsp3) is 0.316. The normalized spacial score (nSPS) is 13.5. The molecule has 3 aromatic rings. The van der Waals surface area contributed by atoms with E-state index in [1.54, 1.807) is 10.8 Å². The summed E-state index contributed by atoms with van der Waals surface area (Å²) >= 11 is 0. The second-order valence-corrected chi connectivity index (χ2v) is 6.61. The molecule has 1 aliphatic rings. The van der Waals surface area contributed by atoms with Crippen LogP contribution in [-0.4, -0.2) is 36.8 Å². The second-order valence-electron chi connectivity index (χ2n) is 6.61. The van der Waals surface area contributed by atoms with Crippen molar-refractivity contribution in [1.29, 1.82) is 0 Å². The number of benzene rings is 1. The number of amides is 1. The molecule has 0 aliphatic heterocycles. The van der Waals surface area contributed by atoms with Crippen LogP contribution in [0.3, 0.4) is 0 Å². The van der Waals surface area contributed by atoms with E-state index in [0.29, 0.717) is 12.5 Å². The second kappa shape index (κ2) is 7.14. The Morgan fingerprint density at radius 1 is 1.19 bits per heavy atom. The Labute approximate surface area is 155 Å². The molecule has 2 aromatic heterocycles. The molecule has 138 valence electrons. The van der Waals surface area contributed by atoms with E-state index >= 15 is 0 Å². The standard InChI is InChI=1S/C19H20N6O2/c1-13-11-22-16(12-21-13)18(26)20-9-10-24-19(27)25(15-5-3-2-4-6-15)17(23-24)14-7-8-14/h2-6,11-12,14H,7-10H2,1H3,(H,20,26). The van der Waals surface area contributed by atoms with Crippen LogP contribution in [0.25, 0.3) is 5.69 Å². The van der Waals surface area contributed by atoms with Gasteiger partial charge in [-0.05, 0) is 31.9 Å². The number of nitrogens with zero attached hydrogens (tertiary/aromatic N) is 5. The Bertz CT molecular complexity index is 1000. The largest absolute Gasteiger partial charge is 0.350 e. The lowest BCUT2D eigenvalue weighted by Crippen LogP contribution is -2.32. The van der Waals surface area contributed by atoms with Crippen LogP contribution in [0.4, 0.5) is 0 Å². The highest BCUT2D eigenvalue weighted by Crippen LogP contribution is 2.39. The molecule has 0 spiro atoms. The zero-order valence-electron chi connectivity index (χ0n) is 15.0. The van der Waals surface area contributed by atoms with Crippen molar-refractivity contribution in [1.82, 2.24) is 29.6 Å². The van der Waals surface area contributed by atoms with Crippen molar-refractivity contribution in [3.63, 3.8) is 0 Å². The Morgan fingerprint density at radius 2 is 1.96 bits per heavy atom. The molecule has 8 nitrogen and oxygen atoms in total. The van der Waals surface area contributed by atoms with Crippen molar-refractivity contribution in [3.05, 3.63) is 70.4 Å². The SMILES string of the molecule is Cc1cnc(C(=O)NCCn2nc(C3CC3)n(-c3ccccc3)c2=O)cn1. The minimum atomic E-state index is -0.319. The van der Waals surface area contributed by atoms with Crippen LogP contribution in [0.2, 0.25) is 0 Å². The third-order valence-corrected chi connectivity index (χ3v) is 4.44. The van der Waals surface area contributed by atoms with E-state index in [0.717, 1.165) is 30.0 Å². The maximum Gasteiger partial charge on any atom is 0.350 e. The molecule has 0 saturated heterocycles. The number of carbonyl (C=O) groups excluding carboxylic acids is 1. The molecule has 2 heterocycles. The summed E-state index contributed by atoms with van der Waals surface area (Å²) in [5.74, 6) is 0.805. The van der Waals surface area contributed by atoms with Crippen LogP contribution in [-0.2, 0) is 6.54 Å². The minimum Gasteiger partial charge on any atom is -0.349 e. The molecular formula is C19H20N6O2. The average Bonchev–Trinajstić information content (AvgIpc) is 3.48. The fourth-order valence-corrected chi connectivity index (χ4v) is 2.87. The first kappa shape index (κ1) is 17.1. The summed E-state index contributed by atoms with van der Waals surface area (Å²) in [5.41, 5.74) is 1.63. The van der Waals surface area contributed by atoms with Crippen molar-refractivity contribution >= 4 is 5.91 Å². The number of carbonyl (C=O) groups is 1. The third kappa shape index (κ3) is 3.64. The predicted molar refractivity (Wildman–Crippen MR) is 98.9 cm³/mol. The molecule has 0 unspecified atom stereocenters. The molecule has 1 amide bonds. The molecule has 27 heavy (non-hydrogen) atoms. The van der Waals surface area contributed by atoms with Crippen molar-refractivity contribution in [2.24, 2.45) is 0 Å². The van der Waals surface area contributed by atoms with Crippen molar-refractivity contribution in [2.45, 2.75) is 32.2 Å². The molecule has 1 aromatic carbocycles. The Kier molecular flexibility index (Phi) is 4.53. The summed E-state index contributed by atoms with van der Waals surface area (Å²) in [6, 6.07) is 9.52. The van der Waals surface area contributed by atoms with Crippen LogP contribution >= 0.6 is 0 Å². The van der Waals surface area contributed by atoms with Crippen molar-refractivity contribution < 1.29 is 4.79 Å². The van der Waals surface area contributed by atoms with Gasteiger partial charge >= 0.3 is 5.69 Å². The summed E-state index contributed by atoms with van der Waals surface area (Å²) in [5, 5.41) is 7.27. The van der Waals surface area contributed by atoms with E-state index in [9.17, 15) is 9.59 Å². The molecule has 1 N–H and O–H groups in total. The van der Waals surface area contributed by atoms with Crippen LogP contribution < -0.4 is 11.0 Å². The first-order chi connectivity index (χ1) is 13.1. The monoisotopic (exact) mass is 364 g/mol. The number of nitrogens with one attached hydrogen (secondary N) is 1. The fourth-order valence-electron chi connectivity index (χ4n) is 2.87. The van der Waals surface area contributed by atoms with Crippen LogP contribution in [0.1, 0.15) is 40.8 Å². The highest BCUT2D eigenvalue weighted by molar-refractivity contribution is 5.91. The van der Waals surface area contributed by atoms with Gasteiger partial charge in [-0.2, -0.15) is 5.10 Å². The zero-order valence-corrected chi connectivity index (χ0v) is 15.0. The highest BCUT2D eigenvalue weighted by Gasteiger charge is 2.31. The average molecular weight is 364 g/mol. The lowest BCUT2D eigenvalue weighted by atomic mass is 10.3. The van der Waals surface area contributed by atoms with Gasteiger partial charge in [-0.1, -0.05) is 18.2 Å². The third-order valence-electron chi connectivity index (χ3n) is 4.44. The van der Waals surface area contributed by atoms with E-state index in [2.05, 4.69) is 20.4 Å². The van der Waals surface area contributed by atoms with Crippen molar-refractivity contribution in [2.75, 3.05) is 6.54 Å². The van der Waals surface area contributed by atoms with Gasteiger partial charge in [0.1, 0.15) is 11.5 Å². The van der Waals surface area contributed by atoms with Gasteiger partial charge in [0.05, 0.1) is 24.1 Å². The number of aromatic nitrogens is 5. The molecule has 4 rings (SSSR count). The summed E-state index contributed by atoms with van der Waals surface area (Å²) in [7, 11) is 0. The molecule has 0 bridgehead atoms. The van der Waals surface area contributed by atoms with E-state index in [1.165, 1.54) is 10.9 Å². The Hall–Kier alpha value is -3.29. The van der Waals surface area contributed by atoms with E-state index in [-0.39, 0.29) is 23.8 Å². The summed E-state index contributed by atoms with van der Waals surface area (Å²) in [4.78, 5) is 33.1. The first-order valence-corrected chi connectivity index (χ1v) is 8.95. The molecule has 0 radical (unpaired) electrons. The summed E-state index contributed by atoms with van der Waals surface area (Å²) in [6.07, 6.45) is 5.08. The summed E-state index contributed by atoms with van der Waals surface area (Å²) < 4.78 is 3.09. The number of rotatable bonds is 6. The first-order valence-electron chi connectivity index (χ1n) is 8.95. The molecule has 0 atom stereocenters. The van der Waals surface area contributed by atoms with Gasteiger partial charge in [-0.15, -0.1) is 0 Å². The van der Waals surface area contributed by atoms with Crippen LogP contribution in [0.5, 0.6) is 0 Å². The Morgan fingerprint density at radius 3 is 2.63 bits per heavy atom. The van der Waals surface area contributed by atoms with E-state index in [4.69, 9.17) is 0 Å². The number of hydrogen-bond acceptors (Lipinski definition) is 5. The molecule has 1 saturated carbocycles. The predicted octanol–water partition coefficient (Wildman–Crippen LogP) is 1.44. The maximum atomic E-state index is 12.8. The number of hydrogen-bond donors (Lipinski definition) is 1. The molecular weight excluding hydrogens is 344 g/mol. The Balaban J connectivity index is 1.49. The quantitative estimate of drug-likeness (QED) is 0.714. The topological polar surface area (TPSA) is 94.7 Å². The van der Waals surface area contributed by atoms with Gasteiger partial charge in [0.15, 0.2) is 0 Å². The molecule has 1 aliphatic carbocycles. The number of aryl methyl sites for hydroxylation is 1. The van der Waals surface area contributed by atoms with Gasteiger partial charge in [0.2, 0.25) is 0 Å². The molecule has 8 heteroatoms. The maximum absolute atomic E-state index is 12.8. The van der Waals surface area contributed by atoms with Crippen LogP contribution in [0, 0.1) is 6.92 Å². The number of para-hydroxylation sites is 1. The lowest BCUT2D eigenvalue weighted by Gasteiger charge is -2.04. The molecule has 1 fully saturated rings. The lowest BCUT2D eigenvalue weighted by molar-refractivity contribution is 0.0946. The van der Waals surface area contributed by atoms with E-state index < -0.39 is 0 Å². The van der Waals surface area contributed by atoms with Gasteiger partial charge in [-0.3, -0.25) is 9.78 Å². The van der Waals surface area contributed by atoms with Gasteiger partial charge in [0.25, 0.3) is 5.91 Å². The zero-order chi connectivity index (χ0) is 18.8. The smallest absolute Gasteiger partial charge is 0.349 e. The minimum absolute atomic E-state index is 0.188. The van der Waals surface area contributed by atoms with Gasteiger partial charge in [-0.25, -0.2) is 19.0 Å². The van der Waals surface area contributed by atoms with Gasteiger partial charge < -0.3 is 5.32 Å².